The first kappa shape index (κ1) is 27.3. The van der Waals surface area contributed by atoms with Crippen LogP contribution in [-0.4, -0.2) is 81.8 Å². The Balaban J connectivity index is 1.39. The molecule has 0 unspecified atom stereocenters. The van der Waals surface area contributed by atoms with Crippen molar-refractivity contribution in [2.24, 2.45) is 0 Å². The number of rotatable bonds is 6. The Kier molecular flexibility index (Phi) is 8.10. The Morgan fingerprint density at radius 2 is 2.00 bits per heavy atom. The van der Waals surface area contributed by atoms with Gasteiger partial charge in [-0.1, -0.05) is 17.7 Å². The van der Waals surface area contributed by atoms with Crippen molar-refractivity contribution in [3.05, 3.63) is 46.2 Å². The Hall–Kier alpha value is -2.70. The van der Waals surface area contributed by atoms with Crippen LogP contribution >= 0.6 is 0 Å². The van der Waals surface area contributed by atoms with E-state index in [1.54, 1.807) is 0 Å². The summed E-state index contributed by atoms with van der Waals surface area (Å²) in [5.74, 6) is 0.866. The second-order valence-corrected chi connectivity index (χ2v) is 10.1. The van der Waals surface area contributed by atoms with Crippen LogP contribution in [0.5, 0.6) is 0 Å². The van der Waals surface area contributed by atoms with Crippen LogP contribution in [0, 0.1) is 13.8 Å². The Bertz CT molecular complexity index is 1110. The second-order valence-electron chi connectivity index (χ2n) is 10.1. The van der Waals surface area contributed by atoms with Gasteiger partial charge in [-0.25, -0.2) is 4.79 Å². The lowest BCUT2D eigenvalue weighted by molar-refractivity contribution is -0.200. The molecule has 2 aliphatic heterocycles. The number of carbonyl (C=O) groups excluding carboxylic acids is 1. The summed E-state index contributed by atoms with van der Waals surface area (Å²) >= 11 is 0. The van der Waals surface area contributed by atoms with Gasteiger partial charge in [0.1, 0.15) is 6.04 Å². The quantitative estimate of drug-likeness (QED) is 0.593. The molecule has 1 aromatic carbocycles. The van der Waals surface area contributed by atoms with Gasteiger partial charge in [-0.15, -0.1) is 10.2 Å². The molecule has 4 atom stereocenters. The fourth-order valence-corrected chi connectivity index (χ4v) is 4.90. The number of aryl methyl sites for hydroxylation is 1. The Labute approximate surface area is 214 Å². The van der Waals surface area contributed by atoms with Gasteiger partial charge >= 0.3 is 12.3 Å². The van der Waals surface area contributed by atoms with Gasteiger partial charge in [-0.2, -0.15) is 13.2 Å². The van der Waals surface area contributed by atoms with E-state index in [-0.39, 0.29) is 18.6 Å². The highest BCUT2D eigenvalue weighted by Gasteiger charge is 2.41. The zero-order chi connectivity index (χ0) is 26.9. The molecule has 1 amide bonds. The van der Waals surface area contributed by atoms with Gasteiger partial charge in [-0.3, -0.25) is 4.90 Å². The second kappa shape index (κ2) is 11.0. The molecule has 4 rings (SSSR count). The minimum absolute atomic E-state index is 0.286. The summed E-state index contributed by atoms with van der Waals surface area (Å²) in [7, 11) is 0. The molecular weight excluding hydrogens is 491 g/mol. The summed E-state index contributed by atoms with van der Waals surface area (Å²) in [6.45, 7) is 9.36. The topological polar surface area (TPSA) is 104 Å². The molecule has 2 saturated heterocycles. The lowest BCUT2D eigenvalue weighted by Gasteiger charge is -2.39. The fraction of sp³-hybridized carbons (Fsp3) is 0.640. The van der Waals surface area contributed by atoms with Crippen molar-refractivity contribution in [2.45, 2.75) is 77.5 Å². The molecule has 9 nitrogen and oxygen atoms in total. The van der Waals surface area contributed by atoms with Gasteiger partial charge in [0.05, 0.1) is 12.5 Å². The number of benzene rings is 1. The highest BCUT2D eigenvalue weighted by atomic mass is 19.4. The van der Waals surface area contributed by atoms with E-state index in [0.29, 0.717) is 50.8 Å². The molecule has 2 N–H and O–H groups in total. The van der Waals surface area contributed by atoms with Gasteiger partial charge in [0.25, 0.3) is 0 Å². The Morgan fingerprint density at radius 3 is 2.65 bits per heavy atom. The average molecular weight is 526 g/mol. The van der Waals surface area contributed by atoms with Crippen LogP contribution in [-0.2, 0) is 17.7 Å². The van der Waals surface area contributed by atoms with Gasteiger partial charge in [0, 0.05) is 32.2 Å². The van der Waals surface area contributed by atoms with Crippen molar-refractivity contribution in [3.63, 3.8) is 0 Å². The highest BCUT2D eigenvalue weighted by molar-refractivity contribution is 5.68. The van der Waals surface area contributed by atoms with Crippen LogP contribution in [0.1, 0.15) is 60.3 Å². The predicted molar refractivity (Wildman–Crippen MR) is 128 cm³/mol. The van der Waals surface area contributed by atoms with Crippen LogP contribution in [0.2, 0.25) is 0 Å². The third kappa shape index (κ3) is 6.42. The number of aromatic nitrogens is 2. The molecule has 0 bridgehead atoms. The molecule has 0 spiro atoms. The summed E-state index contributed by atoms with van der Waals surface area (Å²) in [4.78, 5) is 15.8. The van der Waals surface area contributed by atoms with E-state index in [9.17, 15) is 23.1 Å². The summed E-state index contributed by atoms with van der Waals surface area (Å²) in [5.41, 5.74) is 4.36. The van der Waals surface area contributed by atoms with Gasteiger partial charge in [-0.05, 0) is 57.4 Å². The van der Waals surface area contributed by atoms with Crippen LogP contribution in [0.4, 0.5) is 18.0 Å². The molecule has 0 radical (unpaired) electrons. The summed E-state index contributed by atoms with van der Waals surface area (Å²) < 4.78 is 48.8. The zero-order valence-electron chi connectivity index (χ0n) is 21.5. The van der Waals surface area contributed by atoms with Gasteiger partial charge in [0.15, 0.2) is 6.10 Å². The SMILES string of the molecule is Cc1cc(Cc2nnc([C@H]3NCC[C@H]3O)o2)c(C)c(CN2CCN(C(=O)O[C@H](C)C(F)(F)F)[C@@H](C)C2)c1. The molecule has 2 fully saturated rings. The van der Waals surface area contributed by atoms with E-state index in [2.05, 4.69) is 37.3 Å². The standard InChI is InChI=1S/C25H34F3N5O4/c1-14-9-18(11-21-30-31-23(37-21)22-20(34)5-6-29-22)16(3)19(10-14)13-32-7-8-33(15(2)12-32)24(35)36-17(4)25(26,27)28/h9-10,15,17,20,22,29,34H,5-8,11-13H2,1-4H3/t15-,17+,20+,22-/m0/s1. The lowest BCUT2D eigenvalue weighted by atomic mass is 9.96. The van der Waals surface area contributed by atoms with Crippen LogP contribution in [0.15, 0.2) is 16.5 Å². The number of hydrogen-bond donors (Lipinski definition) is 2. The van der Waals surface area contributed by atoms with Gasteiger partial charge in [0.2, 0.25) is 11.8 Å². The first-order valence-corrected chi connectivity index (χ1v) is 12.5. The van der Waals surface area contributed by atoms with E-state index in [1.165, 1.54) is 4.90 Å². The number of halogens is 3. The number of nitrogens with zero attached hydrogens (tertiary/aromatic N) is 4. The molecule has 1 aromatic heterocycles. The van der Waals surface area contributed by atoms with Crippen molar-refractivity contribution >= 4 is 6.09 Å². The molecule has 2 aliphatic rings. The number of hydrogen-bond acceptors (Lipinski definition) is 8. The fourth-order valence-electron chi connectivity index (χ4n) is 4.90. The van der Waals surface area contributed by atoms with E-state index < -0.39 is 24.5 Å². The van der Waals surface area contributed by atoms with Crippen LogP contribution in [0.25, 0.3) is 0 Å². The van der Waals surface area contributed by atoms with E-state index in [1.807, 2.05) is 20.8 Å². The smallest absolute Gasteiger partial charge is 0.425 e. The minimum Gasteiger partial charge on any atom is -0.437 e. The molecule has 0 saturated carbocycles. The molecule has 3 heterocycles. The molecule has 2 aromatic rings. The van der Waals surface area contributed by atoms with Crippen molar-refractivity contribution in [1.29, 1.82) is 0 Å². The number of amides is 1. The molecule has 204 valence electrons. The normalized spacial score (nSPS) is 23.9. The number of ether oxygens (including phenoxy) is 1. The maximum atomic E-state index is 12.8. The lowest BCUT2D eigenvalue weighted by Crippen LogP contribution is -2.54. The summed E-state index contributed by atoms with van der Waals surface area (Å²) in [5, 5.41) is 21.6. The maximum Gasteiger partial charge on any atom is 0.425 e. The average Bonchev–Trinajstić information content (AvgIpc) is 3.44. The van der Waals surface area contributed by atoms with Crippen LogP contribution in [0.3, 0.4) is 0 Å². The van der Waals surface area contributed by atoms with Crippen molar-refractivity contribution in [2.75, 3.05) is 26.2 Å². The summed E-state index contributed by atoms with van der Waals surface area (Å²) in [6.07, 6.45) is -7.11. The molecular formula is C25H34F3N5O4. The predicted octanol–water partition coefficient (Wildman–Crippen LogP) is 3.27. The van der Waals surface area contributed by atoms with Crippen molar-refractivity contribution in [1.82, 2.24) is 25.3 Å². The first-order chi connectivity index (χ1) is 17.4. The highest BCUT2D eigenvalue weighted by Crippen LogP contribution is 2.27. The zero-order valence-corrected chi connectivity index (χ0v) is 21.5. The number of carbonyl (C=O) groups is 1. The third-order valence-electron chi connectivity index (χ3n) is 7.13. The number of aliphatic hydroxyl groups is 1. The minimum atomic E-state index is -4.58. The van der Waals surface area contributed by atoms with E-state index in [0.717, 1.165) is 29.2 Å². The number of aliphatic hydroxyl groups excluding tert-OH is 1. The molecule has 12 heteroatoms. The molecule has 37 heavy (non-hydrogen) atoms. The van der Waals surface area contributed by atoms with E-state index in [4.69, 9.17) is 4.42 Å². The molecule has 0 aliphatic carbocycles. The van der Waals surface area contributed by atoms with Crippen molar-refractivity contribution < 1.29 is 32.2 Å². The van der Waals surface area contributed by atoms with Gasteiger partial charge < -0.3 is 24.5 Å². The summed E-state index contributed by atoms with van der Waals surface area (Å²) in [6, 6.07) is 3.57. The van der Waals surface area contributed by atoms with E-state index >= 15 is 0 Å². The number of piperazine rings is 1. The number of nitrogens with one attached hydrogen (secondary N) is 1. The largest absolute Gasteiger partial charge is 0.437 e. The van der Waals surface area contributed by atoms with Crippen molar-refractivity contribution in [3.8, 4) is 0 Å². The monoisotopic (exact) mass is 525 g/mol. The first-order valence-electron chi connectivity index (χ1n) is 12.5. The van der Waals surface area contributed by atoms with Crippen LogP contribution < -0.4 is 5.32 Å². The third-order valence-corrected chi connectivity index (χ3v) is 7.13. The maximum absolute atomic E-state index is 12.8. The Morgan fingerprint density at radius 1 is 1.27 bits per heavy atom. The number of alkyl halides is 3.